The summed E-state index contributed by atoms with van der Waals surface area (Å²) in [6.07, 6.45) is 0.952. The molecule has 3 aromatic carbocycles. The zero-order valence-electron chi connectivity index (χ0n) is 19.5. The molecule has 4 nitrogen and oxygen atoms in total. The first kappa shape index (κ1) is 24.1. The first-order chi connectivity index (χ1) is 16.1. The van der Waals surface area contributed by atoms with Gasteiger partial charge in [-0.2, -0.15) is 0 Å². The normalized spacial score (nSPS) is 19.1. The number of carbonyl (C=O) groups excluding carboxylic acids is 1. The van der Waals surface area contributed by atoms with Crippen molar-refractivity contribution in [2.75, 3.05) is 4.90 Å². The smallest absolute Gasteiger partial charge is 0.233 e. The number of anilines is 1. The van der Waals surface area contributed by atoms with E-state index in [0.717, 1.165) is 11.1 Å². The molecular formula is C27H29F2NO3Si. The molecule has 1 N–H and O–H groups in total. The average Bonchev–Trinajstić information content (AvgIpc) is 2.78. The van der Waals surface area contributed by atoms with Crippen molar-refractivity contribution in [2.24, 2.45) is 5.92 Å². The van der Waals surface area contributed by atoms with Crippen LogP contribution in [-0.2, 0) is 9.22 Å². The number of amides is 1. The summed E-state index contributed by atoms with van der Waals surface area (Å²) in [6, 6.07) is 18.8. The number of rotatable bonds is 8. The van der Waals surface area contributed by atoms with Gasteiger partial charge in [-0.3, -0.25) is 4.79 Å². The molecule has 1 fully saturated rings. The lowest BCUT2D eigenvalue weighted by Crippen LogP contribution is -2.55. The maximum atomic E-state index is 13.5. The quantitative estimate of drug-likeness (QED) is 0.286. The minimum Gasteiger partial charge on any atom is -0.508 e. The van der Waals surface area contributed by atoms with Gasteiger partial charge in [-0.1, -0.05) is 24.3 Å². The standard InChI is InChI=1S/C27H29F2NO3Si/c1-34(2,3)33-25(18-4-8-20(28)9-5-18)17-16-24-26(19-6-14-23(31)15-7-19)30(27(24)32)22-12-10-21(29)11-13-22/h4-15,24-26,31H,16-17H2,1-3H3/t24-,25+,26-/m1/s1. The Balaban J connectivity index is 1.59. The van der Waals surface area contributed by atoms with Crippen LogP contribution in [-0.4, -0.2) is 19.3 Å². The predicted molar refractivity (Wildman–Crippen MR) is 131 cm³/mol. The van der Waals surface area contributed by atoms with E-state index >= 15 is 0 Å². The highest BCUT2D eigenvalue weighted by Crippen LogP contribution is 2.47. The Morgan fingerprint density at radius 1 is 0.912 bits per heavy atom. The number of hydrogen-bond acceptors (Lipinski definition) is 3. The molecule has 3 aromatic rings. The lowest BCUT2D eigenvalue weighted by Gasteiger charge is -2.48. The third kappa shape index (κ3) is 5.37. The third-order valence-corrected chi connectivity index (χ3v) is 7.02. The summed E-state index contributed by atoms with van der Waals surface area (Å²) >= 11 is 0. The van der Waals surface area contributed by atoms with Crippen LogP contribution in [0.5, 0.6) is 5.75 Å². The number of phenols is 1. The molecule has 0 saturated carbocycles. The summed E-state index contributed by atoms with van der Waals surface area (Å²) in [5.74, 6) is -0.829. The van der Waals surface area contributed by atoms with Gasteiger partial charge in [-0.05, 0) is 92.1 Å². The molecule has 0 unspecified atom stereocenters. The van der Waals surface area contributed by atoms with Gasteiger partial charge in [0.15, 0.2) is 8.32 Å². The van der Waals surface area contributed by atoms with E-state index in [4.69, 9.17) is 4.43 Å². The lowest BCUT2D eigenvalue weighted by atomic mass is 9.78. The molecule has 3 atom stereocenters. The van der Waals surface area contributed by atoms with Crippen LogP contribution < -0.4 is 4.90 Å². The van der Waals surface area contributed by atoms with E-state index < -0.39 is 8.32 Å². The number of nitrogens with zero attached hydrogens (tertiary/aromatic N) is 1. The number of phenolic OH excluding ortho intramolecular Hbond substituents is 1. The van der Waals surface area contributed by atoms with E-state index in [1.165, 1.54) is 24.3 Å². The second-order valence-corrected chi connectivity index (χ2v) is 14.1. The van der Waals surface area contributed by atoms with Crippen LogP contribution in [0.4, 0.5) is 14.5 Å². The molecular weight excluding hydrogens is 452 g/mol. The molecule has 0 spiro atoms. The largest absolute Gasteiger partial charge is 0.508 e. The maximum Gasteiger partial charge on any atom is 0.233 e. The van der Waals surface area contributed by atoms with E-state index in [0.29, 0.717) is 18.5 Å². The Bertz CT molecular complexity index is 1130. The van der Waals surface area contributed by atoms with Gasteiger partial charge in [0, 0.05) is 5.69 Å². The second-order valence-electron chi connectivity index (χ2n) is 9.68. The second kappa shape index (κ2) is 9.68. The van der Waals surface area contributed by atoms with Crippen LogP contribution in [0.3, 0.4) is 0 Å². The monoisotopic (exact) mass is 481 g/mol. The molecule has 1 heterocycles. The average molecular weight is 482 g/mol. The number of β-lactam (4-membered cyclic amide) rings is 1. The highest BCUT2D eigenvalue weighted by atomic mass is 28.4. The molecule has 1 saturated heterocycles. The topological polar surface area (TPSA) is 49.8 Å². The molecule has 178 valence electrons. The van der Waals surface area contributed by atoms with Crippen LogP contribution in [0.1, 0.15) is 36.1 Å². The van der Waals surface area contributed by atoms with Crippen LogP contribution in [0.2, 0.25) is 19.6 Å². The molecule has 1 aliphatic heterocycles. The molecule has 0 aromatic heterocycles. The highest BCUT2D eigenvalue weighted by Gasteiger charge is 2.48. The summed E-state index contributed by atoms with van der Waals surface area (Å²) in [6.45, 7) is 6.31. The fraction of sp³-hybridized carbons (Fsp3) is 0.296. The van der Waals surface area contributed by atoms with Gasteiger partial charge >= 0.3 is 0 Å². The van der Waals surface area contributed by atoms with Crippen molar-refractivity contribution in [1.29, 1.82) is 0 Å². The first-order valence-electron chi connectivity index (χ1n) is 11.4. The fourth-order valence-corrected chi connectivity index (χ4v) is 5.61. The van der Waals surface area contributed by atoms with Crippen molar-refractivity contribution in [3.8, 4) is 5.75 Å². The van der Waals surface area contributed by atoms with Crippen molar-refractivity contribution in [3.05, 3.63) is 95.6 Å². The maximum absolute atomic E-state index is 13.5. The predicted octanol–water partition coefficient (Wildman–Crippen LogP) is 6.75. The van der Waals surface area contributed by atoms with Crippen LogP contribution in [0, 0.1) is 17.6 Å². The van der Waals surface area contributed by atoms with Gasteiger partial charge in [0.25, 0.3) is 0 Å². The molecule has 34 heavy (non-hydrogen) atoms. The Morgan fingerprint density at radius 2 is 1.47 bits per heavy atom. The molecule has 1 aliphatic rings. The molecule has 1 amide bonds. The van der Waals surface area contributed by atoms with E-state index in [1.54, 1.807) is 41.3 Å². The van der Waals surface area contributed by atoms with Crippen molar-refractivity contribution in [2.45, 2.75) is 44.6 Å². The van der Waals surface area contributed by atoms with Crippen LogP contribution in [0.25, 0.3) is 0 Å². The lowest BCUT2D eigenvalue weighted by molar-refractivity contribution is -0.131. The van der Waals surface area contributed by atoms with Gasteiger partial charge in [-0.25, -0.2) is 8.78 Å². The summed E-state index contributed by atoms with van der Waals surface area (Å²) in [5, 5.41) is 9.73. The SMILES string of the molecule is C[Si](C)(C)O[C@@H](CC[C@H]1C(=O)N(c2ccc(F)cc2)[C@@H]1c1ccc(O)cc1)c1ccc(F)cc1. The van der Waals surface area contributed by atoms with E-state index in [-0.39, 0.29) is 41.4 Å². The van der Waals surface area contributed by atoms with E-state index in [9.17, 15) is 18.7 Å². The number of aromatic hydroxyl groups is 1. The Labute approximate surface area is 199 Å². The van der Waals surface area contributed by atoms with Crippen molar-refractivity contribution in [1.82, 2.24) is 0 Å². The third-order valence-electron chi connectivity index (χ3n) is 6.03. The number of benzene rings is 3. The molecule has 0 bridgehead atoms. The van der Waals surface area contributed by atoms with Crippen LogP contribution in [0.15, 0.2) is 72.8 Å². The number of halogens is 2. The minimum absolute atomic E-state index is 0.0319. The van der Waals surface area contributed by atoms with Gasteiger partial charge in [-0.15, -0.1) is 0 Å². The van der Waals surface area contributed by atoms with Gasteiger partial charge in [0.1, 0.15) is 17.4 Å². The van der Waals surface area contributed by atoms with Crippen LogP contribution >= 0.6 is 0 Å². The Kier molecular flexibility index (Phi) is 6.86. The van der Waals surface area contributed by atoms with Crippen molar-refractivity contribution < 1.29 is 23.1 Å². The fourth-order valence-electron chi connectivity index (χ4n) is 4.50. The molecule has 4 rings (SSSR count). The summed E-state index contributed by atoms with van der Waals surface area (Å²) in [5.41, 5.74) is 2.43. The first-order valence-corrected chi connectivity index (χ1v) is 14.8. The van der Waals surface area contributed by atoms with E-state index in [2.05, 4.69) is 19.6 Å². The summed E-state index contributed by atoms with van der Waals surface area (Å²) in [7, 11) is -1.91. The summed E-state index contributed by atoms with van der Waals surface area (Å²) in [4.78, 5) is 15.0. The Morgan fingerprint density at radius 3 is 2.03 bits per heavy atom. The van der Waals surface area contributed by atoms with Crippen molar-refractivity contribution >= 4 is 19.9 Å². The zero-order chi connectivity index (χ0) is 24.5. The number of carbonyl (C=O) groups is 1. The molecule has 0 radical (unpaired) electrons. The van der Waals surface area contributed by atoms with Gasteiger partial charge in [0.2, 0.25) is 5.91 Å². The summed E-state index contributed by atoms with van der Waals surface area (Å²) < 4.78 is 33.4. The molecule has 7 heteroatoms. The van der Waals surface area contributed by atoms with E-state index in [1.807, 2.05) is 12.1 Å². The minimum atomic E-state index is -1.91. The van der Waals surface area contributed by atoms with Crippen molar-refractivity contribution in [3.63, 3.8) is 0 Å². The van der Waals surface area contributed by atoms with Gasteiger partial charge < -0.3 is 14.4 Å². The number of hydrogen-bond donors (Lipinski definition) is 1. The zero-order valence-corrected chi connectivity index (χ0v) is 20.5. The molecule has 0 aliphatic carbocycles. The highest BCUT2D eigenvalue weighted by molar-refractivity contribution is 6.69. The Hall–Kier alpha value is -3.03. The van der Waals surface area contributed by atoms with Gasteiger partial charge in [0.05, 0.1) is 18.1 Å².